The van der Waals surface area contributed by atoms with Crippen molar-refractivity contribution in [1.29, 1.82) is 0 Å². The molecule has 0 radical (unpaired) electrons. The molecule has 0 aliphatic heterocycles. The van der Waals surface area contributed by atoms with Gasteiger partial charge < -0.3 is 9.33 Å². The lowest BCUT2D eigenvalue weighted by Gasteiger charge is -2.39. The molecule has 0 aromatic carbocycles. The van der Waals surface area contributed by atoms with Gasteiger partial charge >= 0.3 is 6.18 Å². The molecule has 3 nitrogen and oxygen atoms in total. The van der Waals surface area contributed by atoms with Crippen molar-refractivity contribution in [1.82, 2.24) is 4.90 Å². The van der Waals surface area contributed by atoms with Crippen LogP contribution in [0.25, 0.3) is 0 Å². The number of rotatable bonds is 5. The third-order valence-corrected chi connectivity index (χ3v) is 3.53. The van der Waals surface area contributed by atoms with E-state index < -0.39 is 26.0 Å². The molecule has 7 heteroatoms. The van der Waals surface area contributed by atoms with E-state index in [1.165, 1.54) is 0 Å². The van der Waals surface area contributed by atoms with E-state index in [9.17, 15) is 18.0 Å². The molecule has 0 fully saturated rings. The first-order chi connectivity index (χ1) is 7.89. The molecule has 0 aromatic rings. The van der Waals surface area contributed by atoms with E-state index in [2.05, 4.69) is 0 Å². The fourth-order valence-corrected chi connectivity index (χ4v) is 3.08. The minimum Gasteiger partial charge on any atom is -0.397 e. The largest absolute Gasteiger partial charge is 0.425 e. The van der Waals surface area contributed by atoms with Crippen LogP contribution < -0.4 is 0 Å². The second kappa shape index (κ2) is 5.60. The van der Waals surface area contributed by atoms with Crippen LogP contribution >= 0.6 is 0 Å². The Morgan fingerprint density at radius 1 is 1.17 bits per heavy atom. The van der Waals surface area contributed by atoms with Gasteiger partial charge in [0.1, 0.15) is 0 Å². The Labute approximate surface area is 107 Å². The molecule has 0 spiro atoms. The Bertz CT molecular complexity index is 298. The lowest BCUT2D eigenvalue weighted by molar-refractivity contribution is -0.243. The van der Waals surface area contributed by atoms with Crippen LogP contribution in [0.3, 0.4) is 0 Å². The molecule has 0 saturated heterocycles. The van der Waals surface area contributed by atoms with Crippen LogP contribution in [0.2, 0.25) is 19.6 Å². The maximum absolute atomic E-state index is 13.2. The highest BCUT2D eigenvalue weighted by Gasteiger charge is 2.60. The standard InChI is InChI=1S/C11H22F3NO2Si/c1-7-15(8-2)9(16)10(3,11(12,13)14)17-18(4,5)6/h7-8H2,1-6H3. The summed E-state index contributed by atoms with van der Waals surface area (Å²) in [7, 11) is -2.50. The van der Waals surface area contributed by atoms with Crippen molar-refractivity contribution in [2.45, 2.75) is 52.2 Å². The van der Waals surface area contributed by atoms with Crippen LogP contribution in [0.15, 0.2) is 0 Å². The minimum atomic E-state index is -4.72. The maximum Gasteiger partial charge on any atom is 0.425 e. The Morgan fingerprint density at radius 2 is 1.56 bits per heavy atom. The van der Waals surface area contributed by atoms with Gasteiger partial charge in [-0.15, -0.1) is 0 Å². The molecule has 1 amide bonds. The fraction of sp³-hybridized carbons (Fsp3) is 0.909. The van der Waals surface area contributed by atoms with E-state index in [0.717, 1.165) is 11.8 Å². The molecule has 0 bridgehead atoms. The zero-order valence-electron chi connectivity index (χ0n) is 11.8. The predicted molar refractivity (Wildman–Crippen MR) is 66.8 cm³/mol. The summed E-state index contributed by atoms with van der Waals surface area (Å²) in [5.74, 6) is -1.01. The van der Waals surface area contributed by atoms with Crippen LogP contribution in [-0.4, -0.2) is 44.0 Å². The van der Waals surface area contributed by atoms with Gasteiger partial charge in [-0.05, 0) is 40.4 Å². The number of alkyl halides is 3. The topological polar surface area (TPSA) is 29.5 Å². The first kappa shape index (κ1) is 17.4. The maximum atomic E-state index is 13.2. The Balaban J connectivity index is 5.43. The van der Waals surface area contributed by atoms with Gasteiger partial charge in [-0.25, -0.2) is 0 Å². The van der Waals surface area contributed by atoms with Gasteiger partial charge in [-0.3, -0.25) is 4.79 Å². The van der Waals surface area contributed by atoms with Gasteiger partial charge in [0.15, 0.2) is 8.32 Å². The van der Waals surface area contributed by atoms with E-state index in [4.69, 9.17) is 4.43 Å². The summed E-state index contributed by atoms with van der Waals surface area (Å²) in [6, 6.07) is 0. The number of hydrogen-bond acceptors (Lipinski definition) is 2. The Morgan fingerprint density at radius 3 is 1.78 bits per heavy atom. The van der Waals surface area contributed by atoms with Crippen LogP contribution in [0.5, 0.6) is 0 Å². The summed E-state index contributed by atoms with van der Waals surface area (Å²) in [4.78, 5) is 13.2. The highest BCUT2D eigenvalue weighted by Crippen LogP contribution is 2.37. The van der Waals surface area contributed by atoms with E-state index in [-0.39, 0.29) is 13.1 Å². The van der Waals surface area contributed by atoms with E-state index in [0.29, 0.717) is 0 Å². The number of likely N-dealkylation sites (N-methyl/N-ethyl adjacent to an activating group) is 1. The monoisotopic (exact) mass is 285 g/mol. The first-order valence-corrected chi connectivity index (χ1v) is 9.36. The number of carbonyl (C=O) groups is 1. The molecule has 0 aliphatic rings. The average Bonchev–Trinajstić information content (AvgIpc) is 2.14. The number of halogens is 3. The summed E-state index contributed by atoms with van der Waals surface area (Å²) >= 11 is 0. The lowest BCUT2D eigenvalue weighted by Crippen LogP contribution is -2.61. The summed E-state index contributed by atoms with van der Waals surface area (Å²) in [6.45, 7) is 9.48. The second-order valence-corrected chi connectivity index (χ2v) is 9.65. The van der Waals surface area contributed by atoms with Crippen molar-refractivity contribution in [3.05, 3.63) is 0 Å². The van der Waals surface area contributed by atoms with Crippen molar-refractivity contribution < 1.29 is 22.4 Å². The molecule has 1 unspecified atom stereocenters. The van der Waals surface area contributed by atoms with Crippen molar-refractivity contribution in [2.24, 2.45) is 0 Å². The van der Waals surface area contributed by atoms with Crippen molar-refractivity contribution in [3.8, 4) is 0 Å². The molecule has 1 atom stereocenters. The molecule has 0 aliphatic carbocycles. The summed E-state index contributed by atoms with van der Waals surface area (Å²) in [5.41, 5.74) is -2.75. The first-order valence-electron chi connectivity index (χ1n) is 5.95. The molecule has 0 heterocycles. The van der Waals surface area contributed by atoms with Gasteiger partial charge in [0, 0.05) is 13.1 Å². The van der Waals surface area contributed by atoms with E-state index in [1.807, 2.05) is 0 Å². The zero-order chi connectivity index (χ0) is 14.8. The van der Waals surface area contributed by atoms with Crippen LogP contribution in [0.1, 0.15) is 20.8 Å². The highest BCUT2D eigenvalue weighted by atomic mass is 28.4. The van der Waals surface area contributed by atoms with Gasteiger partial charge in [0.2, 0.25) is 5.60 Å². The predicted octanol–water partition coefficient (Wildman–Crippen LogP) is 3.03. The van der Waals surface area contributed by atoms with Crippen molar-refractivity contribution >= 4 is 14.2 Å². The number of nitrogens with zero attached hydrogens (tertiary/aromatic N) is 1. The second-order valence-electron chi connectivity index (χ2n) is 5.22. The number of carbonyl (C=O) groups excluding carboxylic acids is 1. The summed E-state index contributed by atoms with van der Waals surface area (Å²) in [6.07, 6.45) is -4.72. The van der Waals surface area contributed by atoms with E-state index >= 15 is 0 Å². The molecule has 18 heavy (non-hydrogen) atoms. The van der Waals surface area contributed by atoms with Gasteiger partial charge in [-0.1, -0.05) is 0 Å². The molecular weight excluding hydrogens is 263 g/mol. The summed E-state index contributed by atoms with van der Waals surface area (Å²) < 4.78 is 44.7. The minimum absolute atomic E-state index is 0.232. The summed E-state index contributed by atoms with van der Waals surface area (Å²) in [5, 5.41) is 0. The molecule has 0 N–H and O–H groups in total. The smallest absolute Gasteiger partial charge is 0.397 e. The number of hydrogen-bond donors (Lipinski definition) is 0. The quantitative estimate of drug-likeness (QED) is 0.727. The van der Waals surface area contributed by atoms with Crippen molar-refractivity contribution in [3.63, 3.8) is 0 Å². The van der Waals surface area contributed by atoms with Gasteiger partial charge in [-0.2, -0.15) is 13.2 Å². The molecular formula is C11H22F3NO2Si. The van der Waals surface area contributed by atoms with Crippen LogP contribution in [0.4, 0.5) is 13.2 Å². The average molecular weight is 285 g/mol. The van der Waals surface area contributed by atoms with Gasteiger partial charge in [0.05, 0.1) is 0 Å². The highest BCUT2D eigenvalue weighted by molar-refractivity contribution is 6.70. The van der Waals surface area contributed by atoms with Crippen molar-refractivity contribution in [2.75, 3.05) is 13.1 Å². The zero-order valence-corrected chi connectivity index (χ0v) is 12.8. The lowest BCUT2D eigenvalue weighted by atomic mass is 10.0. The van der Waals surface area contributed by atoms with E-state index in [1.54, 1.807) is 33.5 Å². The molecule has 108 valence electrons. The molecule has 0 aromatic heterocycles. The Hall–Kier alpha value is -0.563. The molecule has 0 rings (SSSR count). The van der Waals surface area contributed by atoms with Crippen LogP contribution in [-0.2, 0) is 9.22 Å². The Kier molecular flexibility index (Phi) is 5.43. The normalized spacial score (nSPS) is 16.3. The van der Waals surface area contributed by atoms with Gasteiger partial charge in [0.25, 0.3) is 5.91 Å². The SMILES string of the molecule is CCN(CC)C(=O)C(C)(O[Si](C)(C)C)C(F)(F)F. The number of amides is 1. The van der Waals surface area contributed by atoms with Crippen LogP contribution in [0, 0.1) is 0 Å². The third-order valence-electron chi connectivity index (χ3n) is 2.51. The third kappa shape index (κ3) is 3.98. The fourth-order valence-electron chi connectivity index (χ4n) is 1.65. The molecule has 0 saturated carbocycles.